The Hall–Kier alpha value is -2.10. The van der Waals surface area contributed by atoms with Crippen LogP contribution in [-0.4, -0.2) is 10.9 Å². The minimum atomic E-state index is -0.203. The number of hydrogen-bond acceptors (Lipinski definition) is 4. The monoisotopic (exact) mass is 238 g/mol. The molecule has 1 aromatic heterocycles. The Labute approximate surface area is 104 Å². The molecule has 18 heavy (non-hydrogen) atoms. The molecular weight excluding hydrogens is 226 g/mol. The Morgan fingerprint density at radius 3 is 3.00 bits per heavy atom. The van der Waals surface area contributed by atoms with Crippen LogP contribution in [-0.2, 0) is 12.8 Å². The summed E-state index contributed by atoms with van der Waals surface area (Å²) in [6, 6.07) is 5.68. The molecule has 0 fully saturated rings. The lowest BCUT2D eigenvalue weighted by molar-refractivity contribution is -0.212. The molecule has 1 aliphatic heterocycles. The summed E-state index contributed by atoms with van der Waals surface area (Å²) in [5.74, 6) is -0.203. The van der Waals surface area contributed by atoms with E-state index in [1.807, 2.05) is 18.2 Å². The maximum absolute atomic E-state index is 11.8. The summed E-state index contributed by atoms with van der Waals surface area (Å²) in [5.41, 5.74) is 7.93. The van der Waals surface area contributed by atoms with E-state index in [1.165, 1.54) is 18.4 Å². The van der Waals surface area contributed by atoms with Crippen LogP contribution in [0.2, 0.25) is 0 Å². The molecule has 0 radical (unpaired) electrons. The van der Waals surface area contributed by atoms with Gasteiger partial charge in [0.05, 0.1) is 11.2 Å². The van der Waals surface area contributed by atoms with E-state index in [1.54, 1.807) is 0 Å². The Morgan fingerprint density at radius 1 is 1.17 bits per heavy atom. The molecule has 0 saturated carbocycles. The van der Waals surface area contributed by atoms with Crippen LogP contribution in [0.4, 0.5) is 5.69 Å². The first-order chi connectivity index (χ1) is 8.84. The molecule has 0 unspecified atom stereocenters. The average Bonchev–Trinajstić information content (AvgIpc) is 2.42. The van der Waals surface area contributed by atoms with Crippen LogP contribution in [0.1, 0.15) is 29.7 Å². The van der Waals surface area contributed by atoms with Crippen molar-refractivity contribution in [3.05, 3.63) is 35.0 Å². The molecule has 4 rings (SSSR count). The highest BCUT2D eigenvalue weighted by Crippen LogP contribution is 2.36. The summed E-state index contributed by atoms with van der Waals surface area (Å²) < 4.78 is 0. The van der Waals surface area contributed by atoms with Gasteiger partial charge in [-0.15, -0.1) is 0 Å². The minimum Gasteiger partial charge on any atom is -0.857 e. The Balaban J connectivity index is 2.14. The maximum Gasteiger partial charge on any atom is 0.0733 e. The number of benzene rings is 1. The summed E-state index contributed by atoms with van der Waals surface area (Å²) >= 11 is 0. The van der Waals surface area contributed by atoms with Gasteiger partial charge in [-0.3, -0.25) is 10.4 Å². The lowest BCUT2D eigenvalue weighted by Gasteiger charge is -2.26. The number of hydrazone groups is 1. The van der Waals surface area contributed by atoms with Crippen molar-refractivity contribution in [3.8, 4) is 0 Å². The minimum absolute atomic E-state index is 0.203. The van der Waals surface area contributed by atoms with E-state index in [4.69, 9.17) is 4.98 Å². The van der Waals surface area contributed by atoms with Crippen molar-refractivity contribution in [1.29, 1.82) is 0 Å². The van der Waals surface area contributed by atoms with Gasteiger partial charge in [-0.2, -0.15) is 5.10 Å². The van der Waals surface area contributed by atoms with E-state index in [0.29, 0.717) is 5.56 Å². The number of hydrogen-bond donors (Lipinski definition) is 1. The predicted molar refractivity (Wildman–Crippen MR) is 68.5 cm³/mol. The molecule has 0 bridgehead atoms. The lowest BCUT2D eigenvalue weighted by atomic mass is 9.91. The number of anilines is 1. The Bertz CT molecular complexity index is 691. The van der Waals surface area contributed by atoms with Gasteiger partial charge in [0.2, 0.25) is 0 Å². The summed E-state index contributed by atoms with van der Waals surface area (Å²) in [6.45, 7) is 0. The SMILES string of the molecule is [O-]C1=NNc2c3c(nc4cccc1c24)CCCC3. The van der Waals surface area contributed by atoms with Crippen LogP contribution >= 0.6 is 0 Å². The third-order valence-electron chi connectivity index (χ3n) is 3.79. The first-order valence-electron chi connectivity index (χ1n) is 6.30. The van der Waals surface area contributed by atoms with E-state index in [2.05, 4.69) is 10.5 Å². The molecule has 1 aromatic carbocycles. The summed E-state index contributed by atoms with van der Waals surface area (Å²) in [4.78, 5) is 4.72. The number of nitrogens with one attached hydrogen (secondary N) is 1. The van der Waals surface area contributed by atoms with Gasteiger partial charge in [-0.25, -0.2) is 0 Å². The lowest BCUT2D eigenvalue weighted by Crippen LogP contribution is -2.25. The van der Waals surface area contributed by atoms with Gasteiger partial charge in [0, 0.05) is 17.0 Å². The zero-order chi connectivity index (χ0) is 12.1. The third kappa shape index (κ3) is 1.20. The van der Waals surface area contributed by atoms with E-state index < -0.39 is 0 Å². The number of nitrogens with zero attached hydrogens (tertiary/aromatic N) is 2. The van der Waals surface area contributed by atoms with Gasteiger partial charge >= 0.3 is 0 Å². The normalized spacial score (nSPS) is 17.0. The molecule has 2 aromatic rings. The highest BCUT2D eigenvalue weighted by atomic mass is 16.3. The van der Waals surface area contributed by atoms with Crippen molar-refractivity contribution >= 4 is 22.5 Å². The first-order valence-corrected chi connectivity index (χ1v) is 6.30. The third-order valence-corrected chi connectivity index (χ3v) is 3.79. The van der Waals surface area contributed by atoms with E-state index in [9.17, 15) is 5.11 Å². The number of rotatable bonds is 0. The van der Waals surface area contributed by atoms with Crippen molar-refractivity contribution in [1.82, 2.24) is 4.98 Å². The maximum atomic E-state index is 11.8. The van der Waals surface area contributed by atoms with Crippen molar-refractivity contribution in [3.63, 3.8) is 0 Å². The molecular formula is C14H12N3O-. The Kier molecular flexibility index (Phi) is 1.89. The second-order valence-corrected chi connectivity index (χ2v) is 4.85. The Morgan fingerprint density at radius 2 is 2.06 bits per heavy atom. The fourth-order valence-corrected chi connectivity index (χ4v) is 2.94. The standard InChI is InChI=1S/C14H13N3O/c18-14-9-5-3-7-11-12(9)13(16-17-14)8-4-1-2-6-10(8)15-11/h3,5,7,16H,1-2,4,6H2,(H,17,18)/p-1. The number of aryl methyl sites for hydroxylation is 1. The van der Waals surface area contributed by atoms with E-state index in [-0.39, 0.29) is 5.90 Å². The molecule has 0 atom stereocenters. The molecule has 1 aliphatic carbocycles. The van der Waals surface area contributed by atoms with Crippen LogP contribution in [0, 0.1) is 0 Å². The molecule has 2 aliphatic rings. The molecule has 0 amide bonds. The van der Waals surface area contributed by atoms with Gasteiger partial charge in [0.15, 0.2) is 0 Å². The van der Waals surface area contributed by atoms with Crippen molar-refractivity contribution in [2.24, 2.45) is 5.10 Å². The van der Waals surface area contributed by atoms with Gasteiger partial charge < -0.3 is 5.11 Å². The smallest absolute Gasteiger partial charge is 0.0733 e. The molecule has 1 N–H and O–H groups in total. The highest BCUT2D eigenvalue weighted by Gasteiger charge is 2.21. The summed E-state index contributed by atoms with van der Waals surface area (Å²) in [5, 5.41) is 16.6. The summed E-state index contributed by atoms with van der Waals surface area (Å²) in [7, 11) is 0. The average molecular weight is 238 g/mol. The van der Waals surface area contributed by atoms with Crippen LogP contribution in [0.15, 0.2) is 23.3 Å². The van der Waals surface area contributed by atoms with Gasteiger partial charge in [0.25, 0.3) is 0 Å². The van der Waals surface area contributed by atoms with Crippen molar-refractivity contribution < 1.29 is 5.11 Å². The molecule has 0 spiro atoms. The predicted octanol–water partition coefficient (Wildman–Crippen LogP) is 1.56. The van der Waals surface area contributed by atoms with Crippen molar-refractivity contribution in [2.45, 2.75) is 25.7 Å². The van der Waals surface area contributed by atoms with Gasteiger partial charge in [0.1, 0.15) is 0 Å². The van der Waals surface area contributed by atoms with E-state index >= 15 is 0 Å². The fourth-order valence-electron chi connectivity index (χ4n) is 2.94. The number of pyridine rings is 1. The quantitative estimate of drug-likeness (QED) is 0.757. The zero-order valence-corrected chi connectivity index (χ0v) is 9.86. The number of aromatic nitrogens is 1. The molecule has 2 heterocycles. The number of fused-ring (bicyclic) bond motifs is 2. The molecule has 4 heteroatoms. The molecule has 4 nitrogen and oxygen atoms in total. The second kappa shape index (κ2) is 3.45. The van der Waals surface area contributed by atoms with Crippen LogP contribution in [0.25, 0.3) is 10.9 Å². The topological polar surface area (TPSA) is 60.3 Å². The van der Waals surface area contributed by atoms with Crippen LogP contribution < -0.4 is 10.5 Å². The van der Waals surface area contributed by atoms with E-state index in [0.717, 1.165) is 35.1 Å². The fraction of sp³-hybridized carbons (Fsp3) is 0.286. The largest absolute Gasteiger partial charge is 0.857 e. The summed E-state index contributed by atoms with van der Waals surface area (Å²) in [6.07, 6.45) is 4.43. The van der Waals surface area contributed by atoms with Crippen LogP contribution in [0.3, 0.4) is 0 Å². The molecule has 0 saturated heterocycles. The second-order valence-electron chi connectivity index (χ2n) is 4.85. The van der Waals surface area contributed by atoms with Gasteiger partial charge in [-0.1, -0.05) is 12.1 Å². The van der Waals surface area contributed by atoms with Crippen molar-refractivity contribution in [2.75, 3.05) is 5.43 Å². The molecule has 90 valence electrons. The first kappa shape index (κ1) is 9.88. The zero-order valence-electron chi connectivity index (χ0n) is 9.86. The van der Waals surface area contributed by atoms with Crippen LogP contribution in [0.5, 0.6) is 0 Å². The highest BCUT2D eigenvalue weighted by molar-refractivity contribution is 6.12. The van der Waals surface area contributed by atoms with Gasteiger partial charge in [-0.05, 0) is 42.9 Å².